The van der Waals surface area contributed by atoms with E-state index >= 15 is 0 Å². The van der Waals surface area contributed by atoms with Gasteiger partial charge in [-0.25, -0.2) is 9.78 Å². The zero-order chi connectivity index (χ0) is 24.9. The zero-order valence-electron chi connectivity index (χ0n) is 20.5. The van der Waals surface area contributed by atoms with E-state index in [0.717, 1.165) is 48.2 Å². The molecule has 2 aromatic carbocycles. The maximum Gasteiger partial charge on any atom is 0.347 e. The number of carboxylic acids is 1. The van der Waals surface area contributed by atoms with Crippen LogP contribution >= 0.6 is 0 Å². The van der Waals surface area contributed by atoms with Crippen LogP contribution < -0.4 is 10.1 Å². The Kier molecular flexibility index (Phi) is 7.76. The lowest BCUT2D eigenvalue weighted by Gasteiger charge is -2.21. The lowest BCUT2D eigenvalue weighted by atomic mass is 10.1. The molecule has 0 saturated heterocycles. The molecule has 1 aromatic heterocycles. The summed E-state index contributed by atoms with van der Waals surface area (Å²) in [5.41, 5.74) is 2.66. The molecule has 0 radical (unpaired) electrons. The summed E-state index contributed by atoms with van der Waals surface area (Å²) in [5, 5.41) is 12.3. The molecule has 2 N–H and O–H groups in total. The molecule has 0 saturated carbocycles. The molecule has 180 valence electrons. The molecule has 1 heterocycles. The molecule has 0 spiro atoms. The number of carbonyl (C=O) groups is 2. The molecule has 0 bridgehead atoms. The molecule has 0 aliphatic rings. The summed E-state index contributed by atoms with van der Waals surface area (Å²) < 4.78 is 7.61. The summed E-state index contributed by atoms with van der Waals surface area (Å²) in [7, 11) is 0. The molecular weight excluding hydrogens is 430 g/mol. The van der Waals surface area contributed by atoms with E-state index in [0.29, 0.717) is 17.3 Å². The normalized spacial score (nSPS) is 11.3. The van der Waals surface area contributed by atoms with Gasteiger partial charge < -0.3 is 19.7 Å². The van der Waals surface area contributed by atoms with Gasteiger partial charge >= 0.3 is 5.97 Å². The van der Waals surface area contributed by atoms with E-state index in [9.17, 15) is 14.7 Å². The van der Waals surface area contributed by atoms with E-state index in [-0.39, 0.29) is 5.91 Å². The molecule has 34 heavy (non-hydrogen) atoms. The third kappa shape index (κ3) is 6.04. The molecule has 7 heteroatoms. The lowest BCUT2D eigenvalue weighted by molar-refractivity contribution is -0.152. The van der Waals surface area contributed by atoms with E-state index in [1.807, 2.05) is 48.7 Å². The van der Waals surface area contributed by atoms with Crippen molar-refractivity contribution in [2.75, 3.05) is 5.32 Å². The number of hydrogen-bond donors (Lipinski definition) is 2. The topological polar surface area (TPSA) is 93.5 Å². The largest absolute Gasteiger partial charge is 0.478 e. The molecule has 3 aromatic rings. The summed E-state index contributed by atoms with van der Waals surface area (Å²) in [4.78, 5) is 29.0. The number of nitrogens with zero attached hydrogens (tertiary/aromatic N) is 2. The first-order chi connectivity index (χ1) is 16.1. The van der Waals surface area contributed by atoms with Crippen LogP contribution in [-0.2, 0) is 11.3 Å². The average Bonchev–Trinajstić information content (AvgIpc) is 3.21. The smallest absolute Gasteiger partial charge is 0.347 e. The zero-order valence-corrected chi connectivity index (χ0v) is 20.5. The lowest BCUT2D eigenvalue weighted by Crippen LogP contribution is -2.37. The number of amides is 1. The molecule has 3 rings (SSSR count). The van der Waals surface area contributed by atoms with Gasteiger partial charge in [0.1, 0.15) is 17.3 Å². The molecule has 0 unspecified atom stereocenters. The number of ether oxygens (including phenoxy) is 1. The van der Waals surface area contributed by atoms with Crippen LogP contribution in [-0.4, -0.2) is 32.1 Å². The van der Waals surface area contributed by atoms with Crippen molar-refractivity contribution in [2.24, 2.45) is 0 Å². The van der Waals surface area contributed by atoms with Crippen LogP contribution in [0.25, 0.3) is 11.4 Å². The Morgan fingerprint density at radius 1 is 1.09 bits per heavy atom. The number of aliphatic carboxylic acids is 1. The number of aryl methyl sites for hydroxylation is 3. The Balaban J connectivity index is 1.88. The molecule has 7 nitrogen and oxygen atoms in total. The van der Waals surface area contributed by atoms with Gasteiger partial charge in [-0.2, -0.15) is 0 Å². The Bertz CT molecular complexity index is 1160. The minimum atomic E-state index is -1.33. The fraction of sp³-hybridized carbons (Fsp3) is 0.370. The maximum absolute atomic E-state index is 13.0. The van der Waals surface area contributed by atoms with Crippen molar-refractivity contribution < 1.29 is 19.4 Å². The van der Waals surface area contributed by atoms with Gasteiger partial charge in [-0.3, -0.25) is 4.79 Å². The number of carbonyl (C=O) groups excluding carboxylic acids is 1. The average molecular weight is 464 g/mol. The van der Waals surface area contributed by atoms with Gasteiger partial charge in [-0.1, -0.05) is 31.9 Å². The number of nitrogens with one attached hydrogen (secondary N) is 1. The van der Waals surface area contributed by atoms with Gasteiger partial charge in [-0.15, -0.1) is 0 Å². The van der Waals surface area contributed by atoms with E-state index in [1.54, 1.807) is 18.3 Å². The summed E-state index contributed by atoms with van der Waals surface area (Å²) in [6.45, 7) is 9.85. The highest BCUT2D eigenvalue weighted by molar-refractivity contribution is 6.03. The van der Waals surface area contributed by atoms with Gasteiger partial charge in [0.05, 0.1) is 0 Å². The molecule has 0 atom stereocenters. The highest BCUT2D eigenvalue weighted by atomic mass is 16.5. The molecule has 0 fully saturated rings. The predicted molar refractivity (Wildman–Crippen MR) is 133 cm³/mol. The van der Waals surface area contributed by atoms with Crippen LogP contribution in [0.1, 0.15) is 61.6 Å². The van der Waals surface area contributed by atoms with Gasteiger partial charge in [0, 0.05) is 24.0 Å². The van der Waals surface area contributed by atoms with Crippen LogP contribution in [0.5, 0.6) is 5.75 Å². The number of anilines is 1. The highest BCUT2D eigenvalue weighted by Crippen LogP contribution is 2.26. The minimum absolute atomic E-state index is 0.257. The molecule has 0 aliphatic heterocycles. The van der Waals surface area contributed by atoms with Crippen molar-refractivity contribution in [3.05, 3.63) is 65.5 Å². The van der Waals surface area contributed by atoms with Gasteiger partial charge in [-0.05, 0) is 75.6 Å². The van der Waals surface area contributed by atoms with E-state index < -0.39 is 11.6 Å². The van der Waals surface area contributed by atoms with Gasteiger partial charge in [0.15, 0.2) is 5.60 Å². The minimum Gasteiger partial charge on any atom is -0.478 e. The van der Waals surface area contributed by atoms with Crippen molar-refractivity contribution in [1.29, 1.82) is 0 Å². The van der Waals surface area contributed by atoms with Crippen molar-refractivity contribution in [1.82, 2.24) is 9.55 Å². The molecule has 1 amide bonds. The summed E-state index contributed by atoms with van der Waals surface area (Å²) in [6, 6.07) is 13.0. The molecular formula is C27H33N3O4. The fourth-order valence-electron chi connectivity index (χ4n) is 3.53. The van der Waals surface area contributed by atoms with Crippen LogP contribution in [0.4, 0.5) is 5.69 Å². The number of rotatable bonds is 10. The first kappa shape index (κ1) is 25.0. The number of imidazole rings is 1. The standard InChI is InChI=1S/C27H33N3O4/c1-6-7-8-15-30-17-23(25(31)29-22-16-18(2)9-10-19(22)3)28-24(30)20-11-13-21(14-12-20)34-27(4,5)26(32)33/h9-14,16-17H,6-8,15H2,1-5H3,(H,29,31)(H,32,33). The second-order valence-electron chi connectivity index (χ2n) is 9.06. The van der Waals surface area contributed by atoms with Crippen molar-refractivity contribution in [3.63, 3.8) is 0 Å². The maximum atomic E-state index is 13.0. The van der Waals surface area contributed by atoms with Crippen LogP contribution in [0, 0.1) is 13.8 Å². The Hall–Kier alpha value is -3.61. The Morgan fingerprint density at radius 2 is 1.79 bits per heavy atom. The van der Waals surface area contributed by atoms with Crippen LogP contribution in [0.3, 0.4) is 0 Å². The summed E-state index contributed by atoms with van der Waals surface area (Å²) in [5.74, 6) is -0.158. The van der Waals surface area contributed by atoms with Crippen molar-refractivity contribution in [2.45, 2.75) is 66.0 Å². The second kappa shape index (κ2) is 10.5. The first-order valence-corrected chi connectivity index (χ1v) is 11.6. The number of carboxylic acid groups (broad SMARTS) is 1. The third-order valence-corrected chi connectivity index (χ3v) is 5.65. The van der Waals surface area contributed by atoms with Crippen molar-refractivity contribution >= 4 is 17.6 Å². The number of aromatic nitrogens is 2. The SMILES string of the molecule is CCCCCn1cc(C(=O)Nc2cc(C)ccc2C)nc1-c1ccc(OC(C)(C)C(=O)O)cc1. The third-order valence-electron chi connectivity index (χ3n) is 5.65. The highest BCUT2D eigenvalue weighted by Gasteiger charge is 2.29. The van der Waals surface area contributed by atoms with Gasteiger partial charge in [0.2, 0.25) is 0 Å². The Labute approximate surface area is 200 Å². The summed E-state index contributed by atoms with van der Waals surface area (Å²) >= 11 is 0. The predicted octanol–water partition coefficient (Wildman–Crippen LogP) is 5.85. The van der Waals surface area contributed by atoms with Crippen LogP contribution in [0.15, 0.2) is 48.7 Å². The quantitative estimate of drug-likeness (QED) is 0.368. The molecule has 0 aliphatic carbocycles. The van der Waals surface area contributed by atoms with Crippen LogP contribution in [0.2, 0.25) is 0 Å². The van der Waals surface area contributed by atoms with Crippen molar-refractivity contribution in [3.8, 4) is 17.1 Å². The fourth-order valence-corrected chi connectivity index (χ4v) is 3.53. The Morgan fingerprint density at radius 3 is 2.44 bits per heavy atom. The first-order valence-electron chi connectivity index (χ1n) is 11.6. The number of hydrogen-bond acceptors (Lipinski definition) is 4. The number of benzene rings is 2. The van der Waals surface area contributed by atoms with Gasteiger partial charge in [0.25, 0.3) is 5.91 Å². The van der Waals surface area contributed by atoms with E-state index in [2.05, 4.69) is 17.2 Å². The monoisotopic (exact) mass is 463 g/mol. The van der Waals surface area contributed by atoms with E-state index in [4.69, 9.17) is 4.74 Å². The number of unbranched alkanes of at least 4 members (excludes halogenated alkanes) is 2. The van der Waals surface area contributed by atoms with E-state index in [1.165, 1.54) is 13.8 Å². The summed E-state index contributed by atoms with van der Waals surface area (Å²) in [6.07, 6.45) is 4.95. The second-order valence-corrected chi connectivity index (χ2v) is 9.06.